The van der Waals surface area contributed by atoms with Crippen molar-refractivity contribution in [3.05, 3.63) is 53.7 Å². The Bertz CT molecular complexity index is 1010. The molecule has 2 heterocycles. The lowest BCUT2D eigenvalue weighted by atomic mass is 10.0. The zero-order valence-corrected chi connectivity index (χ0v) is 15.9. The third-order valence-corrected chi connectivity index (χ3v) is 4.79. The molecule has 7 heteroatoms. The predicted molar refractivity (Wildman–Crippen MR) is 107 cm³/mol. The SMILES string of the molecule is COc1cc(C(=O)C2CN=C(c3cc4ccccc4[nH]3)N2)cc(OC)c1OC. The number of rotatable bonds is 6. The normalized spacial score (nSPS) is 15.8. The number of hydrogen-bond acceptors (Lipinski definition) is 6. The van der Waals surface area contributed by atoms with Crippen molar-refractivity contribution in [2.45, 2.75) is 6.04 Å². The van der Waals surface area contributed by atoms with Crippen molar-refractivity contribution in [1.82, 2.24) is 10.3 Å². The van der Waals surface area contributed by atoms with Crippen molar-refractivity contribution in [2.24, 2.45) is 4.99 Å². The maximum Gasteiger partial charge on any atom is 0.203 e. The Balaban J connectivity index is 1.57. The summed E-state index contributed by atoms with van der Waals surface area (Å²) < 4.78 is 16.0. The molecule has 2 aromatic carbocycles. The molecule has 0 aliphatic carbocycles. The number of ketones is 1. The summed E-state index contributed by atoms with van der Waals surface area (Å²) in [5.74, 6) is 1.94. The van der Waals surface area contributed by atoms with Gasteiger partial charge in [0.2, 0.25) is 5.75 Å². The number of nitrogens with one attached hydrogen (secondary N) is 2. The van der Waals surface area contributed by atoms with Crippen LogP contribution in [-0.2, 0) is 0 Å². The Hall–Kier alpha value is -3.48. The fraction of sp³-hybridized carbons (Fsp3) is 0.238. The Morgan fingerprint density at radius 2 is 1.75 bits per heavy atom. The molecule has 1 unspecified atom stereocenters. The second-order valence-electron chi connectivity index (χ2n) is 6.43. The number of aliphatic imine (C=N–C) groups is 1. The molecule has 0 radical (unpaired) electrons. The van der Waals surface area contributed by atoms with Crippen LogP contribution in [0.4, 0.5) is 0 Å². The van der Waals surface area contributed by atoms with E-state index in [1.54, 1.807) is 12.1 Å². The molecule has 0 saturated heterocycles. The van der Waals surface area contributed by atoms with E-state index in [9.17, 15) is 4.79 Å². The molecule has 1 aliphatic heterocycles. The number of para-hydroxylation sites is 1. The minimum absolute atomic E-state index is 0.0888. The van der Waals surface area contributed by atoms with Crippen LogP contribution in [0.15, 0.2) is 47.5 Å². The molecule has 1 atom stereocenters. The quantitative estimate of drug-likeness (QED) is 0.644. The number of Topliss-reactive ketones (excluding diaryl/α,β-unsaturated/α-hetero) is 1. The van der Waals surface area contributed by atoms with Gasteiger partial charge in [0.05, 0.1) is 33.6 Å². The van der Waals surface area contributed by atoms with Crippen LogP contribution < -0.4 is 19.5 Å². The molecule has 0 spiro atoms. The van der Waals surface area contributed by atoms with E-state index in [2.05, 4.69) is 15.3 Å². The molecule has 144 valence electrons. The third-order valence-electron chi connectivity index (χ3n) is 4.79. The maximum absolute atomic E-state index is 13.0. The van der Waals surface area contributed by atoms with Gasteiger partial charge < -0.3 is 24.5 Å². The van der Waals surface area contributed by atoms with E-state index in [1.807, 2.05) is 30.3 Å². The van der Waals surface area contributed by atoms with Crippen LogP contribution >= 0.6 is 0 Å². The minimum atomic E-state index is -0.454. The summed E-state index contributed by atoms with van der Waals surface area (Å²) in [4.78, 5) is 20.9. The molecule has 7 nitrogen and oxygen atoms in total. The number of amidine groups is 1. The van der Waals surface area contributed by atoms with Gasteiger partial charge in [-0.15, -0.1) is 0 Å². The average molecular weight is 379 g/mol. The number of nitrogens with zero attached hydrogens (tertiary/aromatic N) is 1. The maximum atomic E-state index is 13.0. The first-order valence-corrected chi connectivity index (χ1v) is 8.88. The Kier molecular flexibility index (Phi) is 4.65. The molecular weight excluding hydrogens is 358 g/mol. The molecule has 0 bridgehead atoms. The van der Waals surface area contributed by atoms with Crippen LogP contribution in [-0.4, -0.2) is 50.5 Å². The first-order valence-electron chi connectivity index (χ1n) is 8.88. The van der Waals surface area contributed by atoms with E-state index in [0.717, 1.165) is 16.6 Å². The van der Waals surface area contributed by atoms with Gasteiger partial charge in [-0.05, 0) is 24.3 Å². The summed E-state index contributed by atoms with van der Waals surface area (Å²) >= 11 is 0. The number of hydrogen-bond donors (Lipinski definition) is 2. The van der Waals surface area contributed by atoms with Crippen LogP contribution in [0.25, 0.3) is 10.9 Å². The van der Waals surface area contributed by atoms with Crippen molar-refractivity contribution >= 4 is 22.5 Å². The van der Waals surface area contributed by atoms with Gasteiger partial charge in [0.1, 0.15) is 11.9 Å². The van der Waals surface area contributed by atoms with Gasteiger partial charge >= 0.3 is 0 Å². The smallest absolute Gasteiger partial charge is 0.203 e. The molecule has 0 fully saturated rings. The predicted octanol–water partition coefficient (Wildman–Crippen LogP) is 2.80. The highest BCUT2D eigenvalue weighted by atomic mass is 16.5. The van der Waals surface area contributed by atoms with Crippen molar-refractivity contribution in [3.8, 4) is 17.2 Å². The van der Waals surface area contributed by atoms with Gasteiger partial charge in [-0.25, -0.2) is 0 Å². The zero-order chi connectivity index (χ0) is 19.7. The summed E-state index contributed by atoms with van der Waals surface area (Å²) in [7, 11) is 4.58. The molecule has 3 aromatic rings. The summed E-state index contributed by atoms with van der Waals surface area (Å²) in [6.45, 7) is 0.361. The highest BCUT2D eigenvalue weighted by Gasteiger charge is 2.28. The number of ether oxygens (including phenoxy) is 3. The number of methoxy groups -OCH3 is 3. The minimum Gasteiger partial charge on any atom is -0.493 e. The first-order chi connectivity index (χ1) is 13.6. The van der Waals surface area contributed by atoms with Crippen molar-refractivity contribution in [2.75, 3.05) is 27.9 Å². The Morgan fingerprint density at radius 3 is 2.39 bits per heavy atom. The van der Waals surface area contributed by atoms with E-state index in [0.29, 0.717) is 35.2 Å². The Morgan fingerprint density at radius 1 is 1.04 bits per heavy atom. The second-order valence-corrected chi connectivity index (χ2v) is 6.43. The molecule has 0 amide bonds. The van der Waals surface area contributed by atoms with Crippen LogP contribution in [0.5, 0.6) is 17.2 Å². The van der Waals surface area contributed by atoms with Crippen molar-refractivity contribution < 1.29 is 19.0 Å². The number of benzene rings is 2. The van der Waals surface area contributed by atoms with E-state index in [1.165, 1.54) is 21.3 Å². The van der Waals surface area contributed by atoms with Gasteiger partial charge in [0.25, 0.3) is 0 Å². The first kappa shape index (κ1) is 17.9. The number of carbonyl (C=O) groups is 1. The lowest BCUT2D eigenvalue weighted by Crippen LogP contribution is -2.37. The van der Waals surface area contributed by atoms with E-state index < -0.39 is 6.04 Å². The van der Waals surface area contributed by atoms with Crippen molar-refractivity contribution in [3.63, 3.8) is 0 Å². The van der Waals surface area contributed by atoms with Gasteiger partial charge in [-0.1, -0.05) is 18.2 Å². The molecule has 2 N–H and O–H groups in total. The van der Waals surface area contributed by atoms with E-state index in [4.69, 9.17) is 14.2 Å². The summed E-state index contributed by atoms with van der Waals surface area (Å²) in [5.41, 5.74) is 2.36. The number of carbonyl (C=O) groups excluding carboxylic acids is 1. The largest absolute Gasteiger partial charge is 0.493 e. The van der Waals surface area contributed by atoms with Gasteiger partial charge in [0, 0.05) is 16.5 Å². The van der Waals surface area contributed by atoms with Gasteiger partial charge in [0.15, 0.2) is 17.3 Å². The van der Waals surface area contributed by atoms with Crippen LogP contribution in [0.1, 0.15) is 16.1 Å². The summed E-state index contributed by atoms with van der Waals surface area (Å²) in [6.07, 6.45) is 0. The summed E-state index contributed by atoms with van der Waals surface area (Å²) in [6, 6.07) is 12.9. The van der Waals surface area contributed by atoms with Crippen LogP contribution in [0.2, 0.25) is 0 Å². The Labute approximate surface area is 162 Å². The van der Waals surface area contributed by atoms with E-state index >= 15 is 0 Å². The monoisotopic (exact) mass is 379 g/mol. The number of aromatic amines is 1. The third kappa shape index (κ3) is 3.05. The number of fused-ring (bicyclic) bond motifs is 1. The fourth-order valence-electron chi connectivity index (χ4n) is 3.38. The van der Waals surface area contributed by atoms with Gasteiger partial charge in [-0.3, -0.25) is 9.79 Å². The highest BCUT2D eigenvalue weighted by molar-refractivity contribution is 6.09. The second kappa shape index (κ2) is 7.26. The van der Waals surface area contributed by atoms with Crippen LogP contribution in [0.3, 0.4) is 0 Å². The molecule has 28 heavy (non-hydrogen) atoms. The lowest BCUT2D eigenvalue weighted by Gasteiger charge is -2.15. The standard InChI is InChI=1S/C21H21N3O4/c1-26-17-9-13(10-18(27-2)20(17)28-3)19(25)16-11-22-21(24-16)15-8-12-6-4-5-7-14(12)23-15/h4-10,16,23H,11H2,1-3H3,(H,22,24). The van der Waals surface area contributed by atoms with Crippen molar-refractivity contribution in [1.29, 1.82) is 0 Å². The molecule has 1 aliphatic rings. The molecule has 0 saturated carbocycles. The van der Waals surface area contributed by atoms with Crippen LogP contribution in [0, 0.1) is 0 Å². The molecule has 4 rings (SSSR count). The average Bonchev–Trinajstić information content (AvgIpc) is 3.38. The number of aromatic nitrogens is 1. The highest BCUT2D eigenvalue weighted by Crippen LogP contribution is 2.38. The molecular formula is C21H21N3O4. The van der Waals surface area contributed by atoms with E-state index in [-0.39, 0.29) is 5.78 Å². The lowest BCUT2D eigenvalue weighted by molar-refractivity contribution is 0.0959. The zero-order valence-electron chi connectivity index (χ0n) is 15.9. The summed E-state index contributed by atoms with van der Waals surface area (Å²) in [5, 5.41) is 4.32. The number of H-pyrrole nitrogens is 1. The fourth-order valence-corrected chi connectivity index (χ4v) is 3.38. The topological polar surface area (TPSA) is 84.9 Å². The molecule has 1 aromatic heterocycles. The van der Waals surface area contributed by atoms with Gasteiger partial charge in [-0.2, -0.15) is 0 Å².